The van der Waals surface area contributed by atoms with E-state index < -0.39 is 0 Å². The van der Waals surface area contributed by atoms with Crippen LogP contribution in [0.5, 0.6) is 11.5 Å². The molecule has 1 aromatic carbocycles. The minimum Gasteiger partial charge on any atom is -0.491 e. The highest BCUT2D eigenvalue weighted by Gasteiger charge is 2.16. The number of anilines is 1. The first-order valence-corrected chi connectivity index (χ1v) is 7.49. The molecule has 1 saturated carbocycles. The average molecular weight is 263 g/mol. The quantitative estimate of drug-likeness (QED) is 0.641. The van der Waals surface area contributed by atoms with Crippen LogP contribution in [-0.2, 0) is 0 Å². The normalized spacial score (nSPS) is 16.9. The summed E-state index contributed by atoms with van der Waals surface area (Å²) in [6.45, 7) is 2.78. The van der Waals surface area contributed by atoms with E-state index in [4.69, 9.17) is 15.2 Å². The third-order valence-corrected chi connectivity index (χ3v) is 3.58. The largest absolute Gasteiger partial charge is 0.491 e. The Bertz CT molecular complexity index is 384. The number of rotatable bonds is 5. The van der Waals surface area contributed by atoms with Crippen LogP contribution < -0.4 is 15.2 Å². The summed E-state index contributed by atoms with van der Waals surface area (Å²) in [5.74, 6) is 1.52. The van der Waals surface area contributed by atoms with Crippen molar-refractivity contribution in [2.45, 2.75) is 58.0 Å². The monoisotopic (exact) mass is 263 g/mol. The van der Waals surface area contributed by atoms with Crippen LogP contribution in [-0.4, -0.2) is 12.7 Å². The Kier molecular flexibility index (Phi) is 5.37. The summed E-state index contributed by atoms with van der Waals surface area (Å²) in [7, 11) is 0. The maximum atomic E-state index is 6.13. The number of nitrogens with two attached hydrogens (primary N) is 1. The van der Waals surface area contributed by atoms with E-state index in [0.717, 1.165) is 30.8 Å². The Hall–Kier alpha value is -1.38. The highest BCUT2D eigenvalue weighted by atomic mass is 16.5. The Morgan fingerprint density at radius 1 is 1.11 bits per heavy atom. The van der Waals surface area contributed by atoms with Gasteiger partial charge < -0.3 is 15.2 Å². The van der Waals surface area contributed by atoms with Gasteiger partial charge in [0.05, 0.1) is 12.7 Å². The van der Waals surface area contributed by atoms with Gasteiger partial charge in [0.1, 0.15) is 17.2 Å². The Morgan fingerprint density at radius 3 is 2.47 bits per heavy atom. The van der Waals surface area contributed by atoms with Crippen molar-refractivity contribution in [3.63, 3.8) is 0 Å². The summed E-state index contributed by atoms with van der Waals surface area (Å²) in [4.78, 5) is 0. The van der Waals surface area contributed by atoms with E-state index >= 15 is 0 Å². The SMILES string of the molecule is CCCOc1cccc(OC2CCCCCC2)c1N. The van der Waals surface area contributed by atoms with Crippen molar-refractivity contribution in [2.24, 2.45) is 0 Å². The number of ether oxygens (including phenoxy) is 2. The molecule has 0 aliphatic heterocycles. The second kappa shape index (κ2) is 7.27. The molecule has 0 radical (unpaired) electrons. The van der Waals surface area contributed by atoms with E-state index in [-0.39, 0.29) is 0 Å². The summed E-state index contributed by atoms with van der Waals surface area (Å²) in [5.41, 5.74) is 6.77. The summed E-state index contributed by atoms with van der Waals surface area (Å²) in [6, 6.07) is 5.80. The molecule has 2 N–H and O–H groups in total. The number of hydrogen-bond donors (Lipinski definition) is 1. The molecule has 1 fully saturated rings. The molecule has 106 valence electrons. The molecule has 2 rings (SSSR count). The number of para-hydroxylation sites is 1. The molecule has 1 aromatic rings. The van der Waals surface area contributed by atoms with E-state index in [1.165, 1.54) is 25.7 Å². The van der Waals surface area contributed by atoms with Crippen molar-refractivity contribution >= 4 is 5.69 Å². The standard InChI is InChI=1S/C16H25NO2/c1-2-12-18-14-10-7-11-15(16(14)17)19-13-8-5-3-4-6-9-13/h7,10-11,13H,2-6,8-9,12,17H2,1H3. The summed E-state index contributed by atoms with van der Waals surface area (Å²) < 4.78 is 11.7. The van der Waals surface area contributed by atoms with Crippen LogP contribution in [0.2, 0.25) is 0 Å². The van der Waals surface area contributed by atoms with Crippen LogP contribution in [0.4, 0.5) is 5.69 Å². The van der Waals surface area contributed by atoms with Crippen LogP contribution in [0.3, 0.4) is 0 Å². The summed E-state index contributed by atoms with van der Waals surface area (Å²) >= 11 is 0. The first-order chi connectivity index (χ1) is 9.31. The predicted molar refractivity (Wildman–Crippen MR) is 78.8 cm³/mol. The molecule has 1 aliphatic rings. The number of benzene rings is 1. The van der Waals surface area contributed by atoms with Gasteiger partial charge in [-0.05, 0) is 44.2 Å². The Morgan fingerprint density at radius 2 is 1.79 bits per heavy atom. The molecule has 0 saturated heterocycles. The van der Waals surface area contributed by atoms with Crippen molar-refractivity contribution in [2.75, 3.05) is 12.3 Å². The molecule has 0 spiro atoms. The smallest absolute Gasteiger partial charge is 0.146 e. The fourth-order valence-electron chi connectivity index (χ4n) is 2.50. The molecule has 3 nitrogen and oxygen atoms in total. The van der Waals surface area contributed by atoms with Crippen molar-refractivity contribution in [3.8, 4) is 11.5 Å². The van der Waals surface area contributed by atoms with Crippen molar-refractivity contribution in [1.82, 2.24) is 0 Å². The maximum Gasteiger partial charge on any atom is 0.146 e. The number of hydrogen-bond acceptors (Lipinski definition) is 3. The molecule has 0 heterocycles. The molecule has 0 unspecified atom stereocenters. The lowest BCUT2D eigenvalue weighted by atomic mass is 10.1. The molecule has 0 bridgehead atoms. The highest BCUT2D eigenvalue weighted by Crippen LogP contribution is 2.33. The molecule has 0 amide bonds. The lowest BCUT2D eigenvalue weighted by molar-refractivity contribution is 0.184. The minimum absolute atomic E-state index is 0.311. The Labute approximate surface area is 116 Å². The predicted octanol–water partition coefficient (Wildman–Crippen LogP) is 4.16. The van der Waals surface area contributed by atoms with Gasteiger partial charge in [0, 0.05) is 0 Å². The third-order valence-electron chi connectivity index (χ3n) is 3.58. The van der Waals surface area contributed by atoms with Crippen LogP contribution in [0.15, 0.2) is 18.2 Å². The van der Waals surface area contributed by atoms with Gasteiger partial charge >= 0.3 is 0 Å². The van der Waals surface area contributed by atoms with Gasteiger partial charge in [0.15, 0.2) is 0 Å². The second-order valence-electron chi connectivity index (χ2n) is 5.25. The lowest BCUT2D eigenvalue weighted by Crippen LogP contribution is -2.16. The van der Waals surface area contributed by atoms with Gasteiger partial charge in [0.25, 0.3) is 0 Å². The van der Waals surface area contributed by atoms with E-state index in [9.17, 15) is 0 Å². The molecular weight excluding hydrogens is 238 g/mol. The zero-order chi connectivity index (χ0) is 13.5. The average Bonchev–Trinajstić information content (AvgIpc) is 2.68. The van der Waals surface area contributed by atoms with Gasteiger partial charge in [-0.3, -0.25) is 0 Å². The van der Waals surface area contributed by atoms with Gasteiger partial charge in [0.2, 0.25) is 0 Å². The number of nitrogen functional groups attached to an aromatic ring is 1. The van der Waals surface area contributed by atoms with Crippen LogP contribution in [0.25, 0.3) is 0 Å². The highest BCUT2D eigenvalue weighted by molar-refractivity contribution is 5.62. The van der Waals surface area contributed by atoms with E-state index in [2.05, 4.69) is 6.92 Å². The van der Waals surface area contributed by atoms with E-state index in [1.807, 2.05) is 18.2 Å². The van der Waals surface area contributed by atoms with E-state index in [0.29, 0.717) is 18.4 Å². The molecule has 19 heavy (non-hydrogen) atoms. The summed E-state index contributed by atoms with van der Waals surface area (Å²) in [6.07, 6.45) is 8.75. The van der Waals surface area contributed by atoms with Crippen molar-refractivity contribution in [1.29, 1.82) is 0 Å². The van der Waals surface area contributed by atoms with E-state index in [1.54, 1.807) is 0 Å². The Balaban J connectivity index is 2.02. The lowest BCUT2D eigenvalue weighted by Gasteiger charge is -2.19. The fraction of sp³-hybridized carbons (Fsp3) is 0.625. The maximum absolute atomic E-state index is 6.13. The van der Waals surface area contributed by atoms with Crippen LogP contribution in [0, 0.1) is 0 Å². The third kappa shape index (κ3) is 4.05. The first-order valence-electron chi connectivity index (χ1n) is 7.49. The fourth-order valence-corrected chi connectivity index (χ4v) is 2.50. The summed E-state index contributed by atoms with van der Waals surface area (Å²) in [5, 5.41) is 0. The minimum atomic E-state index is 0.311. The molecule has 3 heteroatoms. The molecule has 0 aromatic heterocycles. The molecular formula is C16H25NO2. The van der Waals surface area contributed by atoms with Gasteiger partial charge in [-0.25, -0.2) is 0 Å². The zero-order valence-electron chi connectivity index (χ0n) is 11.9. The topological polar surface area (TPSA) is 44.5 Å². The van der Waals surface area contributed by atoms with Crippen molar-refractivity contribution < 1.29 is 9.47 Å². The van der Waals surface area contributed by atoms with Crippen molar-refractivity contribution in [3.05, 3.63) is 18.2 Å². The molecule has 1 aliphatic carbocycles. The first kappa shape index (κ1) is 14.0. The van der Waals surface area contributed by atoms with Gasteiger partial charge in [-0.2, -0.15) is 0 Å². The van der Waals surface area contributed by atoms with Crippen LogP contribution in [0.1, 0.15) is 51.9 Å². The van der Waals surface area contributed by atoms with Gasteiger partial charge in [-0.1, -0.05) is 25.8 Å². The van der Waals surface area contributed by atoms with Gasteiger partial charge in [-0.15, -0.1) is 0 Å². The second-order valence-corrected chi connectivity index (χ2v) is 5.25. The van der Waals surface area contributed by atoms with Crippen LogP contribution >= 0.6 is 0 Å². The zero-order valence-corrected chi connectivity index (χ0v) is 11.9. The molecule has 0 atom stereocenters.